The highest BCUT2D eigenvalue weighted by Gasteiger charge is 2.17. The first-order valence-corrected chi connectivity index (χ1v) is 6.45. The Morgan fingerprint density at radius 3 is 2.35 bits per heavy atom. The van der Waals surface area contributed by atoms with Gasteiger partial charge in [-0.2, -0.15) is 0 Å². The zero-order chi connectivity index (χ0) is 13.1. The molecule has 0 saturated carbocycles. The third-order valence-electron chi connectivity index (χ3n) is 3.17. The smallest absolute Gasteiger partial charge is 0.0423 e. The Bertz CT molecular complexity index is 364. The fourth-order valence-corrected chi connectivity index (χ4v) is 2.10. The normalized spacial score (nSPS) is 13.8. The minimum Gasteiger partial charge on any atom is -0.313 e. The van der Waals surface area contributed by atoms with E-state index < -0.39 is 0 Å². The molecule has 1 unspecified atom stereocenters. The molecule has 0 aliphatic rings. The van der Waals surface area contributed by atoms with Crippen LogP contribution in [-0.4, -0.2) is 12.0 Å². The van der Waals surface area contributed by atoms with Gasteiger partial charge in [-0.15, -0.1) is 0 Å². The first-order valence-electron chi connectivity index (χ1n) is 6.45. The fraction of sp³-hybridized carbons (Fsp3) is 0.667. The number of aromatic nitrogens is 1. The molecule has 0 spiro atoms. The van der Waals surface area contributed by atoms with Gasteiger partial charge in [0.15, 0.2) is 0 Å². The molecule has 0 amide bonds. The van der Waals surface area contributed by atoms with Crippen LogP contribution in [-0.2, 0) is 0 Å². The maximum atomic E-state index is 4.55. The average molecular weight is 234 g/mol. The number of aryl methyl sites for hydroxylation is 2. The van der Waals surface area contributed by atoms with Crippen molar-refractivity contribution in [3.63, 3.8) is 0 Å². The Morgan fingerprint density at radius 1 is 1.24 bits per heavy atom. The molecule has 1 N–H and O–H groups in total. The van der Waals surface area contributed by atoms with Gasteiger partial charge in [0.05, 0.1) is 0 Å². The van der Waals surface area contributed by atoms with Crippen molar-refractivity contribution < 1.29 is 0 Å². The zero-order valence-corrected chi connectivity index (χ0v) is 12.1. The molecule has 1 aromatic rings. The summed E-state index contributed by atoms with van der Waals surface area (Å²) in [5, 5.41) is 3.41. The molecule has 0 saturated heterocycles. The Kier molecular flexibility index (Phi) is 4.70. The zero-order valence-electron chi connectivity index (χ0n) is 12.1. The van der Waals surface area contributed by atoms with E-state index in [2.05, 4.69) is 50.1 Å². The maximum Gasteiger partial charge on any atom is 0.0423 e. The van der Waals surface area contributed by atoms with Gasteiger partial charge in [-0.25, -0.2) is 0 Å². The molecule has 2 nitrogen and oxygen atoms in total. The summed E-state index contributed by atoms with van der Waals surface area (Å²) in [6, 6.07) is 4.73. The molecule has 96 valence electrons. The molecule has 1 aromatic heterocycles. The summed E-state index contributed by atoms with van der Waals surface area (Å²) in [5.74, 6) is 0. The lowest BCUT2D eigenvalue weighted by Gasteiger charge is -2.24. The monoisotopic (exact) mass is 234 g/mol. The van der Waals surface area contributed by atoms with Crippen LogP contribution in [0.4, 0.5) is 0 Å². The molecule has 1 atom stereocenters. The van der Waals surface area contributed by atoms with Gasteiger partial charge >= 0.3 is 0 Å². The minimum absolute atomic E-state index is 0.390. The predicted octanol–water partition coefficient (Wildman–Crippen LogP) is 3.79. The van der Waals surface area contributed by atoms with E-state index >= 15 is 0 Å². The molecule has 1 rings (SSSR count). The lowest BCUT2D eigenvalue weighted by molar-refractivity contribution is 0.337. The minimum atomic E-state index is 0.390. The molecule has 1 heterocycles. The molecule has 17 heavy (non-hydrogen) atoms. The van der Waals surface area contributed by atoms with Gasteiger partial charge in [-0.3, -0.25) is 4.98 Å². The van der Waals surface area contributed by atoms with Crippen LogP contribution >= 0.6 is 0 Å². The summed E-state index contributed by atoms with van der Waals surface area (Å²) in [6.45, 7) is 11.0. The summed E-state index contributed by atoms with van der Waals surface area (Å²) in [5.41, 5.74) is 3.97. The Morgan fingerprint density at radius 2 is 1.88 bits per heavy atom. The van der Waals surface area contributed by atoms with Crippen molar-refractivity contribution in [3.8, 4) is 0 Å². The number of pyridine rings is 1. The van der Waals surface area contributed by atoms with Crippen LogP contribution in [0.3, 0.4) is 0 Å². The van der Waals surface area contributed by atoms with E-state index in [0.717, 1.165) is 17.8 Å². The maximum absolute atomic E-state index is 4.55. The Labute approximate surface area is 106 Å². The Hall–Kier alpha value is -0.890. The molecule has 2 heteroatoms. The van der Waals surface area contributed by atoms with Gasteiger partial charge in [-0.05, 0) is 50.8 Å². The fourth-order valence-electron chi connectivity index (χ4n) is 2.10. The Balaban J connectivity index is 2.79. The van der Waals surface area contributed by atoms with E-state index in [4.69, 9.17) is 0 Å². The topological polar surface area (TPSA) is 24.9 Å². The molecule has 0 fully saturated rings. The number of hydrogen-bond acceptors (Lipinski definition) is 2. The number of nitrogens with one attached hydrogen (secondary N) is 1. The molecular weight excluding hydrogens is 208 g/mol. The van der Waals surface area contributed by atoms with E-state index in [1.165, 1.54) is 12.0 Å². The molecule has 0 aromatic carbocycles. The third-order valence-corrected chi connectivity index (χ3v) is 3.17. The summed E-state index contributed by atoms with van der Waals surface area (Å²) in [6.07, 6.45) is 2.37. The highest BCUT2D eigenvalue weighted by molar-refractivity contribution is 5.25. The van der Waals surface area contributed by atoms with Crippen LogP contribution in [0.2, 0.25) is 0 Å². The quantitative estimate of drug-likeness (QED) is 0.857. The molecule has 0 radical (unpaired) electrons. The van der Waals surface area contributed by atoms with Crippen molar-refractivity contribution in [2.75, 3.05) is 7.05 Å². The number of hydrogen-bond donors (Lipinski definition) is 1. The molecular formula is C15H26N2. The van der Waals surface area contributed by atoms with E-state index in [1.807, 2.05) is 14.0 Å². The van der Waals surface area contributed by atoms with Crippen molar-refractivity contribution in [2.24, 2.45) is 5.41 Å². The molecule has 0 aliphatic carbocycles. The molecule has 0 bridgehead atoms. The van der Waals surface area contributed by atoms with Gasteiger partial charge in [0, 0.05) is 17.4 Å². The lowest BCUT2D eigenvalue weighted by atomic mass is 9.87. The van der Waals surface area contributed by atoms with Crippen molar-refractivity contribution >= 4 is 0 Å². The summed E-state index contributed by atoms with van der Waals surface area (Å²) >= 11 is 0. The van der Waals surface area contributed by atoms with Crippen molar-refractivity contribution in [1.82, 2.24) is 10.3 Å². The van der Waals surface area contributed by atoms with Gasteiger partial charge in [0.2, 0.25) is 0 Å². The molecule has 0 aliphatic heterocycles. The highest BCUT2D eigenvalue weighted by Crippen LogP contribution is 2.28. The SMILES string of the molecule is CNC(CCC(C)(C)C)c1ccc(C)nc1C. The van der Waals surface area contributed by atoms with Crippen molar-refractivity contribution in [1.29, 1.82) is 0 Å². The predicted molar refractivity (Wildman–Crippen MR) is 74.2 cm³/mol. The van der Waals surface area contributed by atoms with Crippen LogP contribution in [0.25, 0.3) is 0 Å². The second-order valence-corrected chi connectivity index (χ2v) is 6.07. The van der Waals surface area contributed by atoms with E-state index in [-0.39, 0.29) is 0 Å². The summed E-state index contributed by atoms with van der Waals surface area (Å²) in [7, 11) is 2.03. The highest BCUT2D eigenvalue weighted by atomic mass is 14.9. The largest absolute Gasteiger partial charge is 0.313 e. The van der Waals surface area contributed by atoms with Crippen LogP contribution in [0.5, 0.6) is 0 Å². The van der Waals surface area contributed by atoms with Crippen LogP contribution < -0.4 is 5.32 Å². The summed E-state index contributed by atoms with van der Waals surface area (Å²) < 4.78 is 0. The number of rotatable bonds is 4. The van der Waals surface area contributed by atoms with Gasteiger partial charge < -0.3 is 5.32 Å². The van der Waals surface area contributed by atoms with E-state index in [0.29, 0.717) is 11.5 Å². The van der Waals surface area contributed by atoms with E-state index in [9.17, 15) is 0 Å². The van der Waals surface area contributed by atoms with Gasteiger partial charge in [-0.1, -0.05) is 26.8 Å². The standard InChI is InChI=1S/C15H26N2/c1-11-7-8-13(12(2)17-11)14(16-6)9-10-15(3,4)5/h7-8,14,16H,9-10H2,1-6H3. The van der Waals surface area contributed by atoms with E-state index in [1.54, 1.807) is 0 Å². The van der Waals surface area contributed by atoms with Gasteiger partial charge in [0.1, 0.15) is 0 Å². The average Bonchev–Trinajstić information content (AvgIpc) is 2.19. The summed E-state index contributed by atoms with van der Waals surface area (Å²) in [4.78, 5) is 4.55. The van der Waals surface area contributed by atoms with Crippen molar-refractivity contribution in [2.45, 2.75) is 53.5 Å². The first-order chi connectivity index (χ1) is 7.83. The number of nitrogens with zero attached hydrogens (tertiary/aromatic N) is 1. The van der Waals surface area contributed by atoms with Crippen LogP contribution in [0.15, 0.2) is 12.1 Å². The second kappa shape index (κ2) is 5.63. The lowest BCUT2D eigenvalue weighted by Crippen LogP contribution is -2.20. The van der Waals surface area contributed by atoms with Gasteiger partial charge in [0.25, 0.3) is 0 Å². The van der Waals surface area contributed by atoms with Crippen LogP contribution in [0.1, 0.15) is 56.6 Å². The third kappa shape index (κ3) is 4.47. The van der Waals surface area contributed by atoms with Crippen molar-refractivity contribution in [3.05, 3.63) is 29.1 Å². The second-order valence-electron chi connectivity index (χ2n) is 6.07. The van der Waals surface area contributed by atoms with Crippen LogP contribution in [0, 0.1) is 19.3 Å². The first kappa shape index (κ1) is 14.2.